The van der Waals surface area contributed by atoms with E-state index in [0.29, 0.717) is 27.5 Å². The van der Waals surface area contributed by atoms with Gasteiger partial charge in [-0.3, -0.25) is 14.0 Å². The van der Waals surface area contributed by atoms with Crippen LogP contribution in [0.5, 0.6) is 0 Å². The van der Waals surface area contributed by atoms with Crippen LogP contribution >= 0.6 is 11.8 Å². The van der Waals surface area contributed by atoms with Gasteiger partial charge in [0.1, 0.15) is 0 Å². The van der Waals surface area contributed by atoms with Crippen LogP contribution in [0.4, 0.5) is 0 Å². The summed E-state index contributed by atoms with van der Waals surface area (Å²) in [7, 11) is 0. The van der Waals surface area contributed by atoms with Gasteiger partial charge in [0.15, 0.2) is 5.16 Å². The molecule has 1 unspecified atom stereocenters. The van der Waals surface area contributed by atoms with Crippen molar-refractivity contribution in [3.05, 3.63) is 100 Å². The molecule has 0 saturated carbocycles. The Labute approximate surface area is 213 Å². The fraction of sp³-hybridized carbons (Fsp3) is 0.214. The molecule has 7 nitrogen and oxygen atoms in total. The molecule has 1 amide bonds. The van der Waals surface area contributed by atoms with Gasteiger partial charge in [0.05, 0.1) is 28.4 Å². The summed E-state index contributed by atoms with van der Waals surface area (Å²) in [6, 6.07) is 25.1. The topological polar surface area (TPSA) is 81.3 Å². The molecule has 0 aliphatic heterocycles. The molecule has 5 rings (SSSR count). The lowest BCUT2D eigenvalue weighted by Gasteiger charge is -2.18. The summed E-state index contributed by atoms with van der Waals surface area (Å²) in [5, 5.41) is 13.0. The molecule has 182 valence electrons. The number of amides is 1. The average Bonchev–Trinajstić information content (AvgIpc) is 3.33. The number of carbonyl (C=O) groups is 1. The number of benzene rings is 3. The van der Waals surface area contributed by atoms with Crippen LogP contribution in [0.3, 0.4) is 0 Å². The van der Waals surface area contributed by atoms with Gasteiger partial charge in [-0.05, 0) is 43.2 Å². The monoisotopic (exact) mass is 497 g/mol. The number of rotatable bonds is 8. The number of hydrogen-bond acceptors (Lipinski definition) is 5. The van der Waals surface area contributed by atoms with Gasteiger partial charge in [-0.15, -0.1) is 10.2 Å². The molecule has 1 N–H and O–H groups in total. The zero-order chi connectivity index (χ0) is 25.1. The third kappa shape index (κ3) is 4.64. The lowest BCUT2D eigenvalue weighted by Crippen LogP contribution is -2.30. The number of thioether (sulfide) groups is 1. The highest BCUT2D eigenvalue weighted by molar-refractivity contribution is 7.99. The summed E-state index contributed by atoms with van der Waals surface area (Å²) >= 11 is 1.31. The van der Waals surface area contributed by atoms with Gasteiger partial charge in [-0.25, -0.2) is 4.57 Å². The summed E-state index contributed by atoms with van der Waals surface area (Å²) in [6.45, 7) is 4.11. The molecular weight excluding hydrogens is 470 g/mol. The maximum absolute atomic E-state index is 13.4. The summed E-state index contributed by atoms with van der Waals surface area (Å²) in [4.78, 5) is 26.4. The van der Waals surface area contributed by atoms with E-state index in [1.807, 2.05) is 84.1 Å². The second kappa shape index (κ2) is 10.4. The third-order valence-electron chi connectivity index (χ3n) is 6.13. The van der Waals surface area contributed by atoms with E-state index in [9.17, 15) is 9.59 Å². The van der Waals surface area contributed by atoms with Crippen molar-refractivity contribution in [3.8, 4) is 5.69 Å². The molecule has 36 heavy (non-hydrogen) atoms. The second-order valence-corrected chi connectivity index (χ2v) is 9.66. The largest absolute Gasteiger partial charge is 0.349 e. The standard InChI is InChI=1S/C28H27N5O2S/c1-3-9-23(20-10-5-4-6-11-20)29-25(34)18-36-28-31-30-27-32(21-16-14-19(2)15-17-21)26(35)22-12-7-8-13-24(22)33(27)28/h4-8,10-17,23H,3,9,18H2,1-2H3,(H,29,34). The van der Waals surface area contributed by atoms with Gasteiger partial charge < -0.3 is 5.32 Å². The summed E-state index contributed by atoms with van der Waals surface area (Å²) in [5.74, 6) is 0.528. The fourth-order valence-electron chi connectivity index (χ4n) is 4.36. The summed E-state index contributed by atoms with van der Waals surface area (Å²) in [6.07, 6.45) is 1.83. The lowest BCUT2D eigenvalue weighted by molar-refractivity contribution is -0.119. The van der Waals surface area contributed by atoms with E-state index in [2.05, 4.69) is 22.4 Å². The normalized spacial score (nSPS) is 12.2. The Kier molecular flexibility index (Phi) is 6.86. The van der Waals surface area contributed by atoms with Crippen LogP contribution in [0.2, 0.25) is 0 Å². The van der Waals surface area contributed by atoms with Gasteiger partial charge in [0.25, 0.3) is 5.56 Å². The van der Waals surface area contributed by atoms with Gasteiger partial charge in [-0.1, -0.05) is 85.3 Å². The molecule has 0 spiro atoms. The minimum atomic E-state index is -0.158. The van der Waals surface area contributed by atoms with E-state index >= 15 is 0 Å². The highest BCUT2D eigenvalue weighted by Crippen LogP contribution is 2.24. The zero-order valence-electron chi connectivity index (χ0n) is 20.2. The van der Waals surface area contributed by atoms with E-state index in [4.69, 9.17) is 0 Å². The Balaban J connectivity index is 1.48. The molecule has 3 aromatic carbocycles. The van der Waals surface area contributed by atoms with Gasteiger partial charge >= 0.3 is 0 Å². The van der Waals surface area contributed by atoms with Crippen LogP contribution in [-0.2, 0) is 4.79 Å². The first-order valence-electron chi connectivity index (χ1n) is 12.0. The van der Waals surface area contributed by atoms with Crippen LogP contribution in [0, 0.1) is 6.92 Å². The predicted molar refractivity (Wildman–Crippen MR) is 144 cm³/mol. The van der Waals surface area contributed by atoms with Crippen molar-refractivity contribution in [2.24, 2.45) is 0 Å². The first-order chi connectivity index (χ1) is 17.6. The van der Waals surface area contributed by atoms with Crippen LogP contribution in [0.1, 0.15) is 36.9 Å². The molecule has 2 aromatic heterocycles. The smallest absolute Gasteiger partial charge is 0.267 e. The fourth-order valence-corrected chi connectivity index (χ4v) is 5.11. The van der Waals surface area contributed by atoms with E-state index in [1.54, 1.807) is 10.6 Å². The van der Waals surface area contributed by atoms with Crippen LogP contribution in [0.25, 0.3) is 22.4 Å². The molecule has 5 aromatic rings. The lowest BCUT2D eigenvalue weighted by atomic mass is 10.0. The van der Waals surface area contributed by atoms with Crippen molar-refractivity contribution in [3.63, 3.8) is 0 Å². The van der Waals surface area contributed by atoms with Crippen molar-refractivity contribution >= 4 is 34.3 Å². The van der Waals surface area contributed by atoms with Crippen molar-refractivity contribution in [2.45, 2.75) is 37.9 Å². The molecule has 0 fully saturated rings. The molecule has 0 bridgehead atoms. The Morgan fingerprint density at radius 2 is 1.69 bits per heavy atom. The number of para-hydroxylation sites is 1. The third-order valence-corrected chi connectivity index (χ3v) is 7.06. The van der Waals surface area contributed by atoms with Crippen LogP contribution < -0.4 is 10.9 Å². The molecule has 1 atom stereocenters. The van der Waals surface area contributed by atoms with Crippen molar-refractivity contribution < 1.29 is 4.79 Å². The highest BCUT2D eigenvalue weighted by atomic mass is 32.2. The van der Waals surface area contributed by atoms with Crippen molar-refractivity contribution in [2.75, 3.05) is 5.75 Å². The van der Waals surface area contributed by atoms with Gasteiger partial charge in [0.2, 0.25) is 11.7 Å². The van der Waals surface area contributed by atoms with Crippen LogP contribution in [-0.4, -0.2) is 30.8 Å². The highest BCUT2D eigenvalue weighted by Gasteiger charge is 2.19. The second-order valence-electron chi connectivity index (χ2n) is 8.72. The quantitative estimate of drug-likeness (QED) is 0.302. The first-order valence-corrected chi connectivity index (χ1v) is 13.0. The number of fused-ring (bicyclic) bond motifs is 3. The first kappa shape index (κ1) is 23.8. The summed E-state index contributed by atoms with van der Waals surface area (Å²) in [5.41, 5.74) is 3.46. The molecule has 0 radical (unpaired) electrons. The van der Waals surface area contributed by atoms with Crippen molar-refractivity contribution in [1.29, 1.82) is 0 Å². The average molecular weight is 498 g/mol. The SMILES string of the molecule is CCCC(NC(=O)CSc1nnc2n(-c3ccc(C)cc3)c(=O)c3ccccc3n12)c1ccccc1. The van der Waals surface area contributed by atoms with Crippen molar-refractivity contribution in [1.82, 2.24) is 24.5 Å². The Morgan fingerprint density at radius 3 is 2.44 bits per heavy atom. The number of nitrogens with zero attached hydrogens (tertiary/aromatic N) is 4. The van der Waals surface area contributed by atoms with E-state index in [0.717, 1.165) is 24.0 Å². The molecule has 0 saturated heterocycles. The number of carbonyl (C=O) groups excluding carboxylic acids is 1. The Bertz CT molecular complexity index is 1580. The van der Waals surface area contributed by atoms with E-state index in [-0.39, 0.29) is 23.3 Å². The number of hydrogen-bond donors (Lipinski definition) is 1. The predicted octanol–water partition coefficient (Wildman–Crippen LogP) is 5.09. The van der Waals surface area contributed by atoms with Gasteiger partial charge in [0, 0.05) is 0 Å². The minimum absolute atomic E-state index is 0.0352. The number of nitrogens with one attached hydrogen (secondary N) is 1. The Hall–Kier alpha value is -3.91. The molecule has 0 aliphatic carbocycles. The molecule has 2 heterocycles. The van der Waals surface area contributed by atoms with Crippen LogP contribution in [0.15, 0.2) is 88.8 Å². The molecule has 0 aliphatic rings. The number of aromatic nitrogens is 4. The van der Waals surface area contributed by atoms with E-state index in [1.165, 1.54) is 11.8 Å². The van der Waals surface area contributed by atoms with Gasteiger partial charge in [-0.2, -0.15) is 0 Å². The maximum atomic E-state index is 13.4. The molecular formula is C28H27N5O2S. The zero-order valence-corrected chi connectivity index (χ0v) is 21.0. The minimum Gasteiger partial charge on any atom is -0.349 e. The van der Waals surface area contributed by atoms with E-state index < -0.39 is 0 Å². The molecule has 8 heteroatoms. The Morgan fingerprint density at radius 1 is 0.972 bits per heavy atom. The maximum Gasteiger partial charge on any atom is 0.267 e. The number of aryl methyl sites for hydroxylation is 1. The summed E-state index contributed by atoms with van der Waals surface area (Å²) < 4.78 is 3.43.